The van der Waals surface area contributed by atoms with Crippen molar-refractivity contribution in [2.45, 2.75) is 38.1 Å². The van der Waals surface area contributed by atoms with Crippen LogP contribution in [0.3, 0.4) is 0 Å². The lowest BCUT2D eigenvalue weighted by Gasteiger charge is -2.24. The highest BCUT2D eigenvalue weighted by molar-refractivity contribution is 8.00. The van der Waals surface area contributed by atoms with Crippen molar-refractivity contribution in [2.75, 3.05) is 13.1 Å². The van der Waals surface area contributed by atoms with Crippen LogP contribution in [0.1, 0.15) is 35.8 Å². The molecule has 7 heteroatoms. The maximum Gasteiger partial charge on any atom is 0.240 e. The smallest absolute Gasteiger partial charge is 0.240 e. The van der Waals surface area contributed by atoms with E-state index in [0.29, 0.717) is 18.2 Å². The van der Waals surface area contributed by atoms with E-state index < -0.39 is 5.25 Å². The molecule has 6 nitrogen and oxygen atoms in total. The number of carbonyl (C=O) groups is 1. The Morgan fingerprint density at radius 2 is 1.79 bits per heavy atom. The zero-order chi connectivity index (χ0) is 20.1. The van der Waals surface area contributed by atoms with Gasteiger partial charge in [0, 0.05) is 13.1 Å². The molecule has 0 N–H and O–H groups in total. The number of hydrogen-bond acceptors (Lipinski definition) is 5. The van der Waals surface area contributed by atoms with Crippen molar-refractivity contribution in [1.82, 2.24) is 25.1 Å². The average molecular weight is 396 g/mol. The molecule has 0 saturated heterocycles. The second-order valence-electron chi connectivity index (χ2n) is 6.51. The van der Waals surface area contributed by atoms with Crippen molar-refractivity contribution in [1.29, 1.82) is 0 Å². The highest BCUT2D eigenvalue weighted by Crippen LogP contribution is 2.36. The Hall–Kier alpha value is -2.67. The van der Waals surface area contributed by atoms with E-state index in [1.165, 1.54) is 17.3 Å². The van der Waals surface area contributed by atoms with Gasteiger partial charge in [0.25, 0.3) is 0 Å². The SMILES string of the molecule is CCN(CC)C(=O)[C@H](Sc1nnnn1-c1cccc(C)c1C)c1ccccc1. The average Bonchev–Trinajstić information content (AvgIpc) is 3.17. The molecule has 0 saturated carbocycles. The number of tetrazole rings is 1. The van der Waals surface area contributed by atoms with Crippen LogP contribution in [-0.4, -0.2) is 44.1 Å². The second kappa shape index (κ2) is 9.01. The predicted molar refractivity (Wildman–Crippen MR) is 112 cm³/mol. The van der Waals surface area contributed by atoms with Crippen LogP contribution in [-0.2, 0) is 4.79 Å². The number of thioether (sulfide) groups is 1. The van der Waals surface area contributed by atoms with Crippen LogP contribution < -0.4 is 0 Å². The first kappa shape index (κ1) is 20.1. The summed E-state index contributed by atoms with van der Waals surface area (Å²) < 4.78 is 1.72. The quantitative estimate of drug-likeness (QED) is 0.566. The third-order valence-corrected chi connectivity index (χ3v) is 6.05. The number of hydrogen-bond donors (Lipinski definition) is 0. The maximum atomic E-state index is 13.2. The van der Waals surface area contributed by atoms with E-state index in [2.05, 4.69) is 35.4 Å². The van der Waals surface area contributed by atoms with Gasteiger partial charge in [-0.25, -0.2) is 0 Å². The molecule has 0 fully saturated rings. The number of amides is 1. The first-order chi connectivity index (χ1) is 13.6. The zero-order valence-corrected chi connectivity index (χ0v) is 17.5. The van der Waals surface area contributed by atoms with Gasteiger partial charge in [0.05, 0.1) is 5.69 Å². The molecule has 1 atom stereocenters. The van der Waals surface area contributed by atoms with Crippen molar-refractivity contribution in [3.05, 3.63) is 65.2 Å². The number of aryl methyl sites for hydroxylation is 1. The molecule has 0 aliphatic carbocycles. The summed E-state index contributed by atoms with van der Waals surface area (Å²) in [5.41, 5.74) is 4.15. The standard InChI is InChI=1S/C21H25N5OS/c1-5-25(6-2)20(27)19(17-12-8-7-9-13-17)28-21-22-23-24-26(21)18-14-10-11-15(3)16(18)4/h7-14,19H,5-6H2,1-4H3/t19-/m1/s1. The number of rotatable bonds is 7. The second-order valence-corrected chi connectivity index (χ2v) is 7.58. The van der Waals surface area contributed by atoms with Crippen LogP contribution >= 0.6 is 11.8 Å². The lowest BCUT2D eigenvalue weighted by atomic mass is 10.1. The molecule has 1 amide bonds. The van der Waals surface area contributed by atoms with Crippen molar-refractivity contribution in [2.24, 2.45) is 0 Å². The summed E-state index contributed by atoms with van der Waals surface area (Å²) in [5.74, 6) is 0.0664. The number of nitrogens with zero attached hydrogens (tertiary/aromatic N) is 5. The van der Waals surface area contributed by atoms with Gasteiger partial charge in [0.15, 0.2) is 0 Å². The third kappa shape index (κ3) is 4.09. The van der Waals surface area contributed by atoms with E-state index in [1.54, 1.807) is 4.68 Å². The lowest BCUT2D eigenvalue weighted by molar-refractivity contribution is -0.130. The Balaban J connectivity index is 2.00. The summed E-state index contributed by atoms with van der Waals surface area (Å²) in [6.45, 7) is 9.44. The molecule has 2 aromatic carbocycles. The van der Waals surface area contributed by atoms with Crippen LogP contribution in [0.5, 0.6) is 0 Å². The Labute approximate surface area is 169 Å². The molecule has 0 aliphatic heterocycles. The van der Waals surface area contributed by atoms with E-state index in [4.69, 9.17) is 0 Å². The zero-order valence-electron chi connectivity index (χ0n) is 16.7. The molecule has 0 aliphatic rings. The number of likely N-dealkylation sites (N-methyl/N-ethyl adjacent to an activating group) is 1. The Morgan fingerprint density at radius 3 is 2.46 bits per heavy atom. The maximum absolute atomic E-state index is 13.2. The summed E-state index contributed by atoms with van der Waals surface area (Å²) in [6, 6.07) is 15.9. The molecule has 146 valence electrons. The van der Waals surface area contributed by atoms with Gasteiger partial charge in [-0.1, -0.05) is 54.2 Å². The lowest BCUT2D eigenvalue weighted by Crippen LogP contribution is -2.34. The van der Waals surface area contributed by atoms with Gasteiger partial charge in [0.1, 0.15) is 5.25 Å². The number of aromatic nitrogens is 4. The fourth-order valence-electron chi connectivity index (χ4n) is 3.06. The normalized spacial score (nSPS) is 12.0. The van der Waals surface area contributed by atoms with Crippen LogP contribution in [0.15, 0.2) is 53.7 Å². The van der Waals surface area contributed by atoms with Crippen LogP contribution in [0.2, 0.25) is 0 Å². The Morgan fingerprint density at radius 1 is 1.07 bits per heavy atom. The highest BCUT2D eigenvalue weighted by Gasteiger charge is 2.28. The molecule has 1 heterocycles. The van der Waals surface area contributed by atoms with Gasteiger partial charge in [-0.15, -0.1) is 5.10 Å². The molecular formula is C21H25N5OS. The Kier molecular flexibility index (Phi) is 6.46. The summed E-state index contributed by atoms with van der Waals surface area (Å²) in [4.78, 5) is 15.1. The minimum absolute atomic E-state index is 0.0664. The van der Waals surface area contributed by atoms with Crippen molar-refractivity contribution >= 4 is 17.7 Å². The van der Waals surface area contributed by atoms with E-state index in [-0.39, 0.29) is 5.91 Å². The highest BCUT2D eigenvalue weighted by atomic mass is 32.2. The van der Waals surface area contributed by atoms with Gasteiger partial charge in [0.2, 0.25) is 11.1 Å². The van der Waals surface area contributed by atoms with Gasteiger partial charge in [-0.3, -0.25) is 4.79 Å². The molecule has 0 radical (unpaired) electrons. The van der Waals surface area contributed by atoms with Gasteiger partial charge >= 0.3 is 0 Å². The number of benzene rings is 2. The Bertz CT molecular complexity index is 937. The van der Waals surface area contributed by atoms with Crippen LogP contribution in [0.25, 0.3) is 5.69 Å². The monoisotopic (exact) mass is 395 g/mol. The molecule has 3 aromatic rings. The molecule has 0 unspecified atom stereocenters. The van der Waals surface area contributed by atoms with Crippen molar-refractivity contribution in [3.8, 4) is 5.69 Å². The molecule has 0 spiro atoms. The molecule has 0 bridgehead atoms. The summed E-state index contributed by atoms with van der Waals surface area (Å²) in [7, 11) is 0. The van der Waals surface area contributed by atoms with Gasteiger partial charge in [-0.2, -0.15) is 4.68 Å². The van der Waals surface area contributed by atoms with Crippen molar-refractivity contribution in [3.63, 3.8) is 0 Å². The minimum atomic E-state index is -0.407. The van der Waals surface area contributed by atoms with E-state index in [9.17, 15) is 4.79 Å². The fraction of sp³-hybridized carbons (Fsp3) is 0.333. The van der Waals surface area contributed by atoms with Crippen molar-refractivity contribution < 1.29 is 4.79 Å². The largest absolute Gasteiger partial charge is 0.342 e. The van der Waals surface area contributed by atoms with Gasteiger partial charge < -0.3 is 4.90 Å². The van der Waals surface area contributed by atoms with Crippen LogP contribution in [0.4, 0.5) is 0 Å². The van der Waals surface area contributed by atoms with Crippen LogP contribution in [0, 0.1) is 13.8 Å². The first-order valence-corrected chi connectivity index (χ1v) is 10.3. The first-order valence-electron chi connectivity index (χ1n) is 9.42. The summed E-state index contributed by atoms with van der Waals surface area (Å²) in [6.07, 6.45) is 0. The summed E-state index contributed by atoms with van der Waals surface area (Å²) in [5, 5.41) is 12.5. The predicted octanol–water partition coefficient (Wildman–Crippen LogP) is 3.98. The summed E-state index contributed by atoms with van der Waals surface area (Å²) >= 11 is 1.39. The topological polar surface area (TPSA) is 63.9 Å². The molecule has 1 aromatic heterocycles. The fourth-order valence-corrected chi connectivity index (χ4v) is 4.14. The minimum Gasteiger partial charge on any atom is -0.342 e. The molecule has 28 heavy (non-hydrogen) atoms. The van der Waals surface area contributed by atoms with E-state index in [1.807, 2.05) is 61.2 Å². The van der Waals surface area contributed by atoms with Gasteiger partial charge in [-0.05, 0) is 60.9 Å². The van der Waals surface area contributed by atoms with E-state index >= 15 is 0 Å². The molecular weight excluding hydrogens is 370 g/mol. The molecule has 3 rings (SSSR count). The van der Waals surface area contributed by atoms with E-state index in [0.717, 1.165) is 16.8 Å². The number of carbonyl (C=O) groups excluding carboxylic acids is 1. The third-order valence-electron chi connectivity index (χ3n) is 4.87.